The third kappa shape index (κ3) is 3.97. The average molecular weight is 363 g/mol. The molecule has 0 bridgehead atoms. The Labute approximate surface area is 155 Å². The first-order valence-corrected chi connectivity index (χ1v) is 9.21. The monoisotopic (exact) mass is 363 g/mol. The molecule has 0 amide bonds. The van der Waals surface area contributed by atoms with Crippen molar-refractivity contribution in [3.63, 3.8) is 0 Å². The number of aromatic nitrogens is 3. The molecular weight excluding hydrogens is 346 g/mol. The fourth-order valence-corrected chi connectivity index (χ4v) is 3.42. The highest BCUT2D eigenvalue weighted by atomic mass is 32.2. The molecule has 5 nitrogen and oxygen atoms in total. The van der Waals surface area contributed by atoms with Crippen LogP contribution in [0.1, 0.15) is 11.3 Å². The summed E-state index contributed by atoms with van der Waals surface area (Å²) in [6.45, 7) is 0.616. The van der Waals surface area contributed by atoms with Crippen LogP contribution in [0.15, 0.2) is 88.9 Å². The van der Waals surface area contributed by atoms with Gasteiger partial charge in [-0.25, -0.2) is 0 Å². The van der Waals surface area contributed by atoms with Gasteiger partial charge in [-0.2, -0.15) is 0 Å². The normalized spacial score (nSPS) is 10.8. The second-order valence-electron chi connectivity index (χ2n) is 5.63. The summed E-state index contributed by atoms with van der Waals surface area (Å²) in [5.74, 6) is 3.29. The van der Waals surface area contributed by atoms with Crippen LogP contribution in [-0.4, -0.2) is 14.8 Å². The topological polar surface area (TPSA) is 53.1 Å². The van der Waals surface area contributed by atoms with Crippen molar-refractivity contribution in [1.82, 2.24) is 14.8 Å². The fourth-order valence-electron chi connectivity index (χ4n) is 2.52. The number of ether oxygens (including phenoxy) is 1. The Kier molecular flexibility index (Phi) is 5.02. The molecule has 0 saturated carbocycles. The van der Waals surface area contributed by atoms with Crippen LogP contribution in [0.25, 0.3) is 0 Å². The highest BCUT2D eigenvalue weighted by molar-refractivity contribution is 7.98. The molecule has 0 spiro atoms. The Balaban J connectivity index is 1.46. The van der Waals surface area contributed by atoms with Crippen LogP contribution in [0, 0.1) is 0 Å². The number of rotatable bonds is 7. The van der Waals surface area contributed by atoms with Crippen LogP contribution in [0.3, 0.4) is 0 Å². The molecule has 0 aliphatic heterocycles. The first-order valence-electron chi connectivity index (χ1n) is 8.22. The summed E-state index contributed by atoms with van der Waals surface area (Å²) in [7, 11) is 0. The van der Waals surface area contributed by atoms with E-state index in [1.165, 1.54) is 0 Å². The van der Waals surface area contributed by atoms with Crippen molar-refractivity contribution in [3.8, 4) is 11.5 Å². The van der Waals surface area contributed by atoms with Crippen LogP contribution < -0.4 is 4.74 Å². The van der Waals surface area contributed by atoms with Crippen LogP contribution in [0.4, 0.5) is 0 Å². The van der Waals surface area contributed by atoms with E-state index in [1.54, 1.807) is 24.4 Å². The lowest BCUT2D eigenvalue weighted by atomic mass is 10.2. The molecule has 0 N–H and O–H groups in total. The number of hydrogen-bond acceptors (Lipinski definition) is 5. The molecule has 2 aromatic carbocycles. The Morgan fingerprint density at radius 1 is 0.962 bits per heavy atom. The Hall–Kier alpha value is -2.99. The first kappa shape index (κ1) is 16.5. The maximum atomic E-state index is 6.02. The number of furan rings is 1. The summed E-state index contributed by atoms with van der Waals surface area (Å²) in [6, 6.07) is 21.7. The van der Waals surface area contributed by atoms with Crippen molar-refractivity contribution < 1.29 is 9.15 Å². The van der Waals surface area contributed by atoms with Gasteiger partial charge in [0.1, 0.15) is 23.6 Å². The number of thioether (sulfide) groups is 1. The van der Waals surface area contributed by atoms with Gasteiger partial charge in [0.05, 0.1) is 12.8 Å². The number of benzene rings is 2. The SMILES string of the molecule is c1ccc(Oc2ccccc2CSc2nncn2Cc2ccco2)cc1. The summed E-state index contributed by atoms with van der Waals surface area (Å²) < 4.78 is 13.4. The number of nitrogens with zero attached hydrogens (tertiary/aromatic N) is 3. The second kappa shape index (κ2) is 7.93. The van der Waals surface area contributed by atoms with Gasteiger partial charge >= 0.3 is 0 Å². The van der Waals surface area contributed by atoms with Crippen molar-refractivity contribution >= 4 is 11.8 Å². The van der Waals surface area contributed by atoms with E-state index in [2.05, 4.69) is 16.3 Å². The molecule has 26 heavy (non-hydrogen) atoms. The van der Waals surface area contributed by atoms with Crippen molar-refractivity contribution in [2.24, 2.45) is 0 Å². The van der Waals surface area contributed by atoms with Gasteiger partial charge in [0.2, 0.25) is 0 Å². The molecule has 4 aromatic rings. The molecule has 0 aliphatic carbocycles. The van der Waals surface area contributed by atoms with Crippen LogP contribution in [-0.2, 0) is 12.3 Å². The lowest BCUT2D eigenvalue weighted by Gasteiger charge is -2.11. The summed E-state index contributed by atoms with van der Waals surface area (Å²) in [6.07, 6.45) is 3.39. The van der Waals surface area contributed by atoms with E-state index in [0.717, 1.165) is 33.7 Å². The van der Waals surface area contributed by atoms with E-state index in [4.69, 9.17) is 9.15 Å². The number of para-hydroxylation sites is 2. The van der Waals surface area contributed by atoms with Gasteiger partial charge in [-0.1, -0.05) is 48.2 Å². The van der Waals surface area contributed by atoms with Crippen molar-refractivity contribution in [1.29, 1.82) is 0 Å². The smallest absolute Gasteiger partial charge is 0.191 e. The zero-order valence-electron chi connectivity index (χ0n) is 14.0. The maximum absolute atomic E-state index is 6.02. The molecular formula is C20H17N3O2S. The molecule has 4 rings (SSSR count). The highest BCUT2D eigenvalue weighted by Gasteiger charge is 2.10. The third-order valence-corrected chi connectivity index (χ3v) is 4.82. The number of hydrogen-bond donors (Lipinski definition) is 0. The van der Waals surface area contributed by atoms with Gasteiger partial charge in [0, 0.05) is 11.3 Å². The zero-order valence-corrected chi connectivity index (χ0v) is 14.8. The van der Waals surface area contributed by atoms with E-state index in [9.17, 15) is 0 Å². The Bertz CT molecular complexity index is 952. The summed E-state index contributed by atoms with van der Waals surface area (Å²) in [4.78, 5) is 0. The summed E-state index contributed by atoms with van der Waals surface area (Å²) in [5, 5.41) is 9.09. The molecule has 0 radical (unpaired) electrons. The van der Waals surface area contributed by atoms with Gasteiger partial charge in [-0.15, -0.1) is 10.2 Å². The molecule has 6 heteroatoms. The van der Waals surface area contributed by atoms with Gasteiger partial charge in [0.25, 0.3) is 0 Å². The standard InChI is InChI=1S/C20H17N3O2S/c1-2-8-17(9-3-1)25-19-11-5-4-7-16(19)14-26-20-22-21-15-23(20)13-18-10-6-12-24-18/h1-12,15H,13-14H2. The first-order chi connectivity index (χ1) is 12.9. The average Bonchev–Trinajstić information content (AvgIpc) is 3.34. The summed E-state index contributed by atoms with van der Waals surface area (Å²) >= 11 is 1.62. The molecule has 0 unspecified atom stereocenters. The summed E-state index contributed by atoms with van der Waals surface area (Å²) in [5.41, 5.74) is 1.11. The minimum absolute atomic E-state index is 0.616. The van der Waals surface area contributed by atoms with E-state index in [-0.39, 0.29) is 0 Å². The Morgan fingerprint density at radius 3 is 2.65 bits per heavy atom. The van der Waals surface area contributed by atoms with E-state index in [0.29, 0.717) is 6.54 Å². The second-order valence-corrected chi connectivity index (χ2v) is 6.57. The largest absolute Gasteiger partial charge is 0.467 e. The molecule has 0 atom stereocenters. The van der Waals surface area contributed by atoms with Crippen LogP contribution in [0.2, 0.25) is 0 Å². The lowest BCUT2D eigenvalue weighted by Crippen LogP contribution is -1.99. The third-order valence-electron chi connectivity index (χ3n) is 3.79. The Morgan fingerprint density at radius 2 is 1.81 bits per heavy atom. The van der Waals surface area contributed by atoms with Crippen molar-refractivity contribution in [2.45, 2.75) is 17.5 Å². The van der Waals surface area contributed by atoms with Crippen LogP contribution in [0.5, 0.6) is 11.5 Å². The van der Waals surface area contributed by atoms with Gasteiger partial charge in [-0.05, 0) is 30.3 Å². The molecule has 2 heterocycles. The van der Waals surface area contributed by atoms with E-state index in [1.807, 2.05) is 65.2 Å². The highest BCUT2D eigenvalue weighted by Crippen LogP contribution is 2.30. The predicted octanol–water partition coefficient (Wildman–Crippen LogP) is 5.00. The minimum atomic E-state index is 0.616. The molecule has 0 saturated heterocycles. The van der Waals surface area contributed by atoms with E-state index >= 15 is 0 Å². The molecule has 130 valence electrons. The molecule has 2 aromatic heterocycles. The fraction of sp³-hybridized carbons (Fsp3) is 0.100. The quantitative estimate of drug-likeness (QED) is 0.432. The van der Waals surface area contributed by atoms with Crippen molar-refractivity contribution in [2.75, 3.05) is 0 Å². The minimum Gasteiger partial charge on any atom is -0.467 e. The van der Waals surface area contributed by atoms with Gasteiger partial charge < -0.3 is 13.7 Å². The maximum Gasteiger partial charge on any atom is 0.191 e. The zero-order chi connectivity index (χ0) is 17.6. The molecule has 0 fully saturated rings. The lowest BCUT2D eigenvalue weighted by molar-refractivity contribution is 0.478. The van der Waals surface area contributed by atoms with Crippen LogP contribution >= 0.6 is 11.8 Å². The predicted molar refractivity (Wildman–Crippen MR) is 100 cm³/mol. The van der Waals surface area contributed by atoms with Crippen molar-refractivity contribution in [3.05, 3.63) is 90.6 Å². The van der Waals surface area contributed by atoms with E-state index < -0.39 is 0 Å². The van der Waals surface area contributed by atoms with Gasteiger partial charge in [-0.3, -0.25) is 0 Å². The van der Waals surface area contributed by atoms with Gasteiger partial charge in [0.15, 0.2) is 5.16 Å². The molecule has 0 aliphatic rings.